The van der Waals surface area contributed by atoms with E-state index in [1.165, 1.54) is 0 Å². The number of benzene rings is 2. The van der Waals surface area contributed by atoms with Crippen molar-refractivity contribution in [2.75, 3.05) is 7.11 Å². The largest absolute Gasteiger partial charge is 0.496 e. The summed E-state index contributed by atoms with van der Waals surface area (Å²) >= 11 is 12.0. The Hall–Kier alpha value is -1.42. The molecule has 2 aromatic rings. The zero-order chi connectivity index (χ0) is 15.4. The fraction of sp³-hybridized carbons (Fsp3) is 0.250. The van der Waals surface area contributed by atoms with Crippen molar-refractivity contribution >= 4 is 23.2 Å². The van der Waals surface area contributed by atoms with Crippen LogP contribution in [0.2, 0.25) is 10.0 Å². The number of halogens is 2. The van der Waals surface area contributed by atoms with Crippen molar-refractivity contribution in [2.45, 2.75) is 19.1 Å². The average Bonchev–Trinajstić information content (AvgIpc) is 2.43. The van der Waals surface area contributed by atoms with Gasteiger partial charge in [0, 0.05) is 21.7 Å². The molecule has 2 N–H and O–H groups in total. The molecule has 2 rings (SSSR count). The molecular formula is C16H17Cl2NO2. The number of para-hydroxylation sites is 1. The van der Waals surface area contributed by atoms with Gasteiger partial charge in [-0.25, -0.2) is 0 Å². The Bertz CT molecular complexity index is 597. The van der Waals surface area contributed by atoms with Crippen LogP contribution in [0, 0.1) is 0 Å². The van der Waals surface area contributed by atoms with Crippen molar-refractivity contribution in [1.29, 1.82) is 0 Å². The number of hydrogen-bond donors (Lipinski definition) is 1. The van der Waals surface area contributed by atoms with Gasteiger partial charge in [-0.05, 0) is 31.2 Å². The van der Waals surface area contributed by atoms with Gasteiger partial charge in [-0.15, -0.1) is 0 Å². The van der Waals surface area contributed by atoms with Gasteiger partial charge in [0.25, 0.3) is 0 Å². The second-order valence-electron chi connectivity index (χ2n) is 4.74. The van der Waals surface area contributed by atoms with Crippen LogP contribution in [-0.4, -0.2) is 13.2 Å². The van der Waals surface area contributed by atoms with Gasteiger partial charge in [-0.3, -0.25) is 0 Å². The molecule has 3 nitrogen and oxygen atoms in total. The fourth-order valence-corrected chi connectivity index (χ4v) is 2.60. The van der Waals surface area contributed by atoms with E-state index in [1.54, 1.807) is 25.3 Å². The van der Waals surface area contributed by atoms with Gasteiger partial charge in [0.05, 0.1) is 7.11 Å². The van der Waals surface area contributed by atoms with Gasteiger partial charge in [0.15, 0.2) is 0 Å². The standard InChI is InChI=1S/C16H17Cl2NO2/c1-10(19)16(14-5-3-4-6-15(14)20-2)21-13-8-11(17)7-12(18)9-13/h3-10,16H,19H2,1-2H3. The minimum atomic E-state index is -0.365. The molecule has 2 aromatic carbocycles. The molecule has 0 saturated carbocycles. The Labute approximate surface area is 134 Å². The molecule has 21 heavy (non-hydrogen) atoms. The van der Waals surface area contributed by atoms with Crippen LogP contribution in [0.4, 0.5) is 0 Å². The highest BCUT2D eigenvalue weighted by Gasteiger charge is 2.22. The molecule has 0 aromatic heterocycles. The van der Waals surface area contributed by atoms with Crippen LogP contribution in [-0.2, 0) is 0 Å². The predicted molar refractivity (Wildman–Crippen MR) is 86.5 cm³/mol. The smallest absolute Gasteiger partial charge is 0.142 e. The summed E-state index contributed by atoms with van der Waals surface area (Å²) in [5.74, 6) is 1.30. The van der Waals surface area contributed by atoms with Crippen LogP contribution in [0.15, 0.2) is 42.5 Å². The van der Waals surface area contributed by atoms with Crippen LogP contribution >= 0.6 is 23.2 Å². The third-order valence-electron chi connectivity index (χ3n) is 3.02. The van der Waals surface area contributed by atoms with E-state index in [9.17, 15) is 0 Å². The molecule has 0 spiro atoms. The van der Waals surface area contributed by atoms with Crippen molar-refractivity contribution in [3.05, 3.63) is 58.1 Å². The van der Waals surface area contributed by atoms with Crippen LogP contribution in [0.1, 0.15) is 18.6 Å². The second kappa shape index (κ2) is 7.03. The first-order chi connectivity index (χ1) is 10.0. The summed E-state index contributed by atoms with van der Waals surface area (Å²) in [5, 5.41) is 1.03. The second-order valence-corrected chi connectivity index (χ2v) is 5.62. The Morgan fingerprint density at radius 3 is 2.24 bits per heavy atom. The Kier molecular flexibility index (Phi) is 5.34. The van der Waals surface area contributed by atoms with Crippen molar-refractivity contribution in [3.63, 3.8) is 0 Å². The molecule has 0 fully saturated rings. The van der Waals surface area contributed by atoms with Gasteiger partial charge in [-0.1, -0.05) is 41.4 Å². The quantitative estimate of drug-likeness (QED) is 0.882. The fourth-order valence-electron chi connectivity index (χ4n) is 2.10. The number of ether oxygens (including phenoxy) is 2. The minimum absolute atomic E-state index is 0.237. The lowest BCUT2D eigenvalue weighted by Gasteiger charge is -2.24. The SMILES string of the molecule is COc1ccccc1C(Oc1cc(Cl)cc(Cl)c1)C(C)N. The average molecular weight is 326 g/mol. The highest BCUT2D eigenvalue weighted by atomic mass is 35.5. The van der Waals surface area contributed by atoms with Gasteiger partial charge in [0.1, 0.15) is 17.6 Å². The molecule has 0 radical (unpaired) electrons. The van der Waals surface area contributed by atoms with E-state index in [4.69, 9.17) is 38.4 Å². The summed E-state index contributed by atoms with van der Waals surface area (Å²) in [6.45, 7) is 1.88. The maximum atomic E-state index is 6.07. The first-order valence-corrected chi connectivity index (χ1v) is 7.28. The Morgan fingerprint density at radius 1 is 1.05 bits per heavy atom. The lowest BCUT2D eigenvalue weighted by atomic mass is 10.0. The first kappa shape index (κ1) is 16.0. The number of methoxy groups -OCH3 is 1. The van der Waals surface area contributed by atoms with Crippen LogP contribution < -0.4 is 15.2 Å². The van der Waals surface area contributed by atoms with Crippen molar-refractivity contribution in [2.24, 2.45) is 5.73 Å². The number of rotatable bonds is 5. The zero-order valence-corrected chi connectivity index (χ0v) is 13.4. The zero-order valence-electron chi connectivity index (χ0n) is 11.8. The molecule has 0 aliphatic rings. The van der Waals surface area contributed by atoms with Crippen molar-refractivity contribution in [1.82, 2.24) is 0 Å². The molecule has 0 heterocycles. The highest BCUT2D eigenvalue weighted by Crippen LogP contribution is 2.33. The van der Waals surface area contributed by atoms with Crippen molar-refractivity contribution < 1.29 is 9.47 Å². The van der Waals surface area contributed by atoms with E-state index in [-0.39, 0.29) is 12.1 Å². The summed E-state index contributed by atoms with van der Waals surface area (Å²) < 4.78 is 11.4. The molecule has 112 valence electrons. The van der Waals surface area contributed by atoms with Gasteiger partial charge in [-0.2, -0.15) is 0 Å². The van der Waals surface area contributed by atoms with E-state index in [2.05, 4.69) is 0 Å². The number of hydrogen-bond acceptors (Lipinski definition) is 3. The normalized spacial score (nSPS) is 13.6. The summed E-state index contributed by atoms with van der Waals surface area (Å²) in [4.78, 5) is 0. The molecular weight excluding hydrogens is 309 g/mol. The molecule has 2 unspecified atom stereocenters. The lowest BCUT2D eigenvalue weighted by molar-refractivity contribution is 0.176. The third kappa shape index (κ3) is 4.03. The Balaban J connectivity index is 2.35. The predicted octanol–water partition coefficient (Wildman–Crippen LogP) is 4.47. The monoisotopic (exact) mass is 325 g/mol. The van der Waals surface area contributed by atoms with Crippen LogP contribution in [0.3, 0.4) is 0 Å². The lowest BCUT2D eigenvalue weighted by Crippen LogP contribution is -2.29. The summed E-state index contributed by atoms with van der Waals surface area (Å²) in [5.41, 5.74) is 6.95. The molecule has 0 aliphatic carbocycles. The summed E-state index contributed by atoms with van der Waals surface area (Å²) in [7, 11) is 1.62. The highest BCUT2D eigenvalue weighted by molar-refractivity contribution is 6.34. The van der Waals surface area contributed by atoms with Crippen LogP contribution in [0.25, 0.3) is 0 Å². The molecule has 0 saturated heterocycles. The van der Waals surface area contributed by atoms with Gasteiger partial charge < -0.3 is 15.2 Å². The minimum Gasteiger partial charge on any atom is -0.496 e. The molecule has 0 bridgehead atoms. The van der Waals surface area contributed by atoms with Crippen LogP contribution in [0.5, 0.6) is 11.5 Å². The summed E-state index contributed by atoms with van der Waals surface area (Å²) in [6, 6.07) is 12.5. The van der Waals surface area contributed by atoms with E-state index in [0.717, 1.165) is 11.3 Å². The molecule has 5 heteroatoms. The number of nitrogens with two attached hydrogens (primary N) is 1. The maximum Gasteiger partial charge on any atom is 0.142 e. The van der Waals surface area contributed by atoms with E-state index in [1.807, 2.05) is 31.2 Å². The molecule has 0 amide bonds. The third-order valence-corrected chi connectivity index (χ3v) is 3.46. The van der Waals surface area contributed by atoms with E-state index < -0.39 is 0 Å². The maximum absolute atomic E-state index is 6.07. The summed E-state index contributed by atoms with van der Waals surface area (Å²) in [6.07, 6.45) is -0.365. The Morgan fingerprint density at radius 2 is 1.67 bits per heavy atom. The molecule has 0 aliphatic heterocycles. The van der Waals surface area contributed by atoms with E-state index >= 15 is 0 Å². The topological polar surface area (TPSA) is 44.5 Å². The van der Waals surface area contributed by atoms with Gasteiger partial charge in [0.2, 0.25) is 0 Å². The van der Waals surface area contributed by atoms with Crippen molar-refractivity contribution in [3.8, 4) is 11.5 Å². The first-order valence-electron chi connectivity index (χ1n) is 6.52. The van der Waals surface area contributed by atoms with E-state index in [0.29, 0.717) is 15.8 Å². The molecule has 2 atom stereocenters. The van der Waals surface area contributed by atoms with Gasteiger partial charge >= 0.3 is 0 Å².